The Balaban J connectivity index is 1.43. The molecule has 0 unspecified atom stereocenters. The van der Waals surface area contributed by atoms with Crippen molar-refractivity contribution in [2.24, 2.45) is 0 Å². The lowest BCUT2D eigenvalue weighted by Gasteiger charge is -2.10. The van der Waals surface area contributed by atoms with E-state index in [-0.39, 0.29) is 23.7 Å². The predicted molar refractivity (Wildman–Crippen MR) is 95.6 cm³/mol. The predicted octanol–water partition coefficient (Wildman–Crippen LogP) is 2.22. The summed E-state index contributed by atoms with van der Waals surface area (Å²) in [5.74, 6) is 1.01. The van der Waals surface area contributed by atoms with E-state index in [1.165, 1.54) is 0 Å². The Kier molecular flexibility index (Phi) is 3.25. The van der Waals surface area contributed by atoms with Crippen molar-refractivity contribution >= 4 is 16.8 Å². The van der Waals surface area contributed by atoms with Gasteiger partial charge in [-0.2, -0.15) is 0 Å². The summed E-state index contributed by atoms with van der Waals surface area (Å²) in [5.41, 5.74) is 2.95. The third-order valence-corrected chi connectivity index (χ3v) is 4.94. The number of carbonyl (C=O) groups excluding carboxylic acids is 1. The maximum Gasteiger partial charge on any atom is 0.257 e. The second-order valence-electron chi connectivity index (χ2n) is 6.50. The summed E-state index contributed by atoms with van der Waals surface area (Å²) < 4.78 is 12.6. The van der Waals surface area contributed by atoms with Crippen LogP contribution in [0, 0.1) is 0 Å². The van der Waals surface area contributed by atoms with Gasteiger partial charge in [-0.1, -0.05) is 18.2 Å². The van der Waals surface area contributed by atoms with Crippen molar-refractivity contribution in [1.82, 2.24) is 9.88 Å². The number of nitrogens with one attached hydrogen (secondary N) is 1. The molecule has 1 aromatic heterocycles. The van der Waals surface area contributed by atoms with Gasteiger partial charge in [0, 0.05) is 24.7 Å². The second kappa shape index (κ2) is 5.62. The van der Waals surface area contributed by atoms with Crippen LogP contribution < -0.4 is 20.2 Å². The Hall–Kier alpha value is -3.28. The molecule has 0 spiro atoms. The first-order chi connectivity index (χ1) is 12.7. The van der Waals surface area contributed by atoms with Crippen molar-refractivity contribution in [2.75, 3.05) is 6.79 Å². The molecule has 5 rings (SSSR count). The van der Waals surface area contributed by atoms with E-state index in [0.29, 0.717) is 23.4 Å². The van der Waals surface area contributed by atoms with Crippen molar-refractivity contribution < 1.29 is 14.3 Å². The largest absolute Gasteiger partial charge is 0.454 e. The van der Waals surface area contributed by atoms with E-state index >= 15 is 0 Å². The van der Waals surface area contributed by atoms with Crippen molar-refractivity contribution in [3.63, 3.8) is 0 Å². The molecule has 0 aliphatic carbocycles. The fraction of sp³-hybridized carbons (Fsp3) is 0.200. The van der Waals surface area contributed by atoms with Crippen LogP contribution in [0.15, 0.2) is 47.4 Å². The zero-order chi connectivity index (χ0) is 17.7. The molecule has 0 saturated carbocycles. The van der Waals surface area contributed by atoms with Gasteiger partial charge >= 0.3 is 0 Å². The molecule has 130 valence electrons. The Labute approximate surface area is 149 Å². The summed E-state index contributed by atoms with van der Waals surface area (Å²) in [4.78, 5) is 25.4. The maximum absolute atomic E-state index is 12.8. The summed E-state index contributed by atoms with van der Waals surface area (Å²) in [6.45, 7) is 1.31. The zero-order valence-corrected chi connectivity index (χ0v) is 14.0. The third-order valence-electron chi connectivity index (χ3n) is 4.94. The molecule has 0 saturated heterocycles. The van der Waals surface area contributed by atoms with E-state index in [1.807, 2.05) is 34.9 Å². The number of rotatable bonds is 3. The number of aromatic nitrogens is 1. The molecular formula is C20H16N2O4. The number of aryl methyl sites for hydroxylation is 2. The minimum atomic E-state index is -0.365. The average molecular weight is 348 g/mol. The molecule has 0 atom stereocenters. The number of pyridine rings is 1. The smallest absolute Gasteiger partial charge is 0.257 e. The Morgan fingerprint density at radius 3 is 2.96 bits per heavy atom. The first-order valence-corrected chi connectivity index (χ1v) is 8.52. The molecule has 26 heavy (non-hydrogen) atoms. The molecule has 3 aromatic rings. The normalized spacial score (nSPS) is 14.0. The quantitative estimate of drug-likeness (QED) is 0.788. The van der Waals surface area contributed by atoms with E-state index in [1.54, 1.807) is 12.3 Å². The van der Waals surface area contributed by atoms with Crippen molar-refractivity contribution in [2.45, 2.75) is 19.5 Å². The van der Waals surface area contributed by atoms with Gasteiger partial charge in [-0.25, -0.2) is 0 Å². The minimum absolute atomic E-state index is 0.178. The fourth-order valence-corrected chi connectivity index (χ4v) is 3.65. The van der Waals surface area contributed by atoms with Crippen molar-refractivity contribution in [1.29, 1.82) is 0 Å². The highest BCUT2D eigenvalue weighted by Crippen LogP contribution is 2.32. The van der Waals surface area contributed by atoms with Crippen LogP contribution in [0.1, 0.15) is 21.5 Å². The number of hydrogen-bond acceptors (Lipinski definition) is 4. The van der Waals surface area contributed by atoms with Crippen LogP contribution in [-0.4, -0.2) is 17.3 Å². The van der Waals surface area contributed by atoms with Gasteiger partial charge in [0.05, 0.1) is 5.52 Å². The minimum Gasteiger partial charge on any atom is -0.454 e. The molecule has 6 heteroatoms. The SMILES string of the molecule is O=C(NCc1ccc2c(c1)OCO2)c1cn2c3c(cccc3c1=O)CC2. The molecule has 3 heterocycles. The molecule has 2 aromatic carbocycles. The van der Waals surface area contributed by atoms with Crippen LogP contribution >= 0.6 is 0 Å². The highest BCUT2D eigenvalue weighted by Gasteiger charge is 2.20. The maximum atomic E-state index is 12.8. The standard InChI is InChI=1S/C20H16N2O4/c23-19-14-3-1-2-13-6-7-22(18(13)14)10-15(19)20(24)21-9-12-4-5-16-17(8-12)26-11-25-16/h1-5,8,10H,6-7,9,11H2,(H,21,24). The lowest BCUT2D eigenvalue weighted by Crippen LogP contribution is -2.29. The van der Waals surface area contributed by atoms with E-state index in [2.05, 4.69) is 5.32 Å². The van der Waals surface area contributed by atoms with E-state index in [4.69, 9.17) is 9.47 Å². The van der Waals surface area contributed by atoms with Gasteiger partial charge in [0.25, 0.3) is 5.91 Å². The van der Waals surface area contributed by atoms with E-state index < -0.39 is 0 Å². The second-order valence-corrected chi connectivity index (χ2v) is 6.50. The molecule has 1 N–H and O–H groups in total. The molecular weight excluding hydrogens is 332 g/mol. The third kappa shape index (κ3) is 2.26. The van der Waals surface area contributed by atoms with Crippen molar-refractivity contribution in [3.05, 3.63) is 69.5 Å². The number of hydrogen-bond donors (Lipinski definition) is 1. The van der Waals surface area contributed by atoms with Gasteiger partial charge in [0.1, 0.15) is 5.56 Å². The van der Waals surface area contributed by atoms with Gasteiger partial charge in [-0.15, -0.1) is 0 Å². The van der Waals surface area contributed by atoms with Gasteiger partial charge in [0.15, 0.2) is 11.5 Å². The summed E-state index contributed by atoms with van der Waals surface area (Å²) >= 11 is 0. The first-order valence-electron chi connectivity index (χ1n) is 8.52. The van der Waals surface area contributed by atoms with E-state index in [9.17, 15) is 9.59 Å². The summed E-state index contributed by atoms with van der Waals surface area (Å²) in [5, 5.41) is 3.44. The van der Waals surface area contributed by atoms with Crippen LogP contribution in [0.3, 0.4) is 0 Å². The van der Waals surface area contributed by atoms with Crippen LogP contribution in [-0.2, 0) is 19.5 Å². The van der Waals surface area contributed by atoms with Gasteiger partial charge < -0.3 is 19.4 Å². The Morgan fingerprint density at radius 2 is 2.04 bits per heavy atom. The molecule has 6 nitrogen and oxygen atoms in total. The monoisotopic (exact) mass is 348 g/mol. The van der Waals surface area contributed by atoms with Crippen LogP contribution in [0.25, 0.3) is 10.9 Å². The summed E-state index contributed by atoms with van der Waals surface area (Å²) in [7, 11) is 0. The fourth-order valence-electron chi connectivity index (χ4n) is 3.65. The number of fused-ring (bicyclic) bond motifs is 1. The van der Waals surface area contributed by atoms with E-state index in [0.717, 1.165) is 29.6 Å². The molecule has 0 bridgehead atoms. The Morgan fingerprint density at radius 1 is 1.15 bits per heavy atom. The summed E-state index contributed by atoms with van der Waals surface area (Å²) in [6.07, 6.45) is 2.56. The van der Waals surface area contributed by atoms with Gasteiger partial charge in [-0.3, -0.25) is 9.59 Å². The van der Waals surface area contributed by atoms with Crippen LogP contribution in [0.2, 0.25) is 0 Å². The highest BCUT2D eigenvalue weighted by molar-refractivity contribution is 5.98. The van der Waals surface area contributed by atoms with Crippen molar-refractivity contribution in [3.8, 4) is 11.5 Å². The number of amides is 1. The molecule has 0 fully saturated rings. The van der Waals surface area contributed by atoms with Crippen LogP contribution in [0.5, 0.6) is 11.5 Å². The highest BCUT2D eigenvalue weighted by atomic mass is 16.7. The van der Waals surface area contributed by atoms with Crippen LogP contribution in [0.4, 0.5) is 0 Å². The lowest BCUT2D eigenvalue weighted by molar-refractivity contribution is 0.0949. The number of nitrogens with zero attached hydrogens (tertiary/aromatic N) is 1. The van der Waals surface area contributed by atoms with Gasteiger partial charge in [-0.05, 0) is 35.7 Å². The molecule has 2 aliphatic rings. The first kappa shape index (κ1) is 15.0. The zero-order valence-electron chi connectivity index (χ0n) is 14.0. The molecule has 0 radical (unpaired) electrons. The number of carbonyl (C=O) groups is 1. The summed E-state index contributed by atoms with van der Waals surface area (Å²) in [6, 6.07) is 11.2. The molecule has 2 aliphatic heterocycles. The molecule has 1 amide bonds. The number of para-hydroxylation sites is 1. The average Bonchev–Trinajstić information content (AvgIpc) is 3.29. The number of benzene rings is 2. The topological polar surface area (TPSA) is 69.6 Å². The Bertz CT molecular complexity index is 1120. The van der Waals surface area contributed by atoms with Gasteiger partial charge in [0.2, 0.25) is 12.2 Å². The number of ether oxygens (including phenoxy) is 2. The lowest BCUT2D eigenvalue weighted by atomic mass is 10.1.